The number of methoxy groups -OCH3 is 1. The van der Waals surface area contributed by atoms with Gasteiger partial charge in [0.25, 0.3) is 5.91 Å². The highest BCUT2D eigenvalue weighted by Gasteiger charge is 2.42. The molecule has 0 saturated heterocycles. The number of alkyl halides is 3. The van der Waals surface area contributed by atoms with Crippen molar-refractivity contribution >= 4 is 5.91 Å². The van der Waals surface area contributed by atoms with Gasteiger partial charge in [0, 0.05) is 0 Å². The molecule has 25 heavy (non-hydrogen) atoms. The second-order valence-corrected chi connectivity index (χ2v) is 5.33. The van der Waals surface area contributed by atoms with E-state index in [4.69, 9.17) is 9.47 Å². The first-order chi connectivity index (χ1) is 11.8. The van der Waals surface area contributed by atoms with Gasteiger partial charge < -0.3 is 14.8 Å². The van der Waals surface area contributed by atoms with Crippen LogP contribution in [-0.4, -0.2) is 25.3 Å². The Morgan fingerprint density at radius 2 is 1.56 bits per heavy atom. The van der Waals surface area contributed by atoms with Gasteiger partial charge in [-0.25, -0.2) is 0 Å². The van der Waals surface area contributed by atoms with Gasteiger partial charge in [-0.05, 0) is 36.8 Å². The fourth-order valence-corrected chi connectivity index (χ4v) is 2.17. The number of ether oxygens (including phenoxy) is 2. The summed E-state index contributed by atoms with van der Waals surface area (Å²) in [5.74, 6) is 0.0967. The molecular formula is C18H18F3NO3. The summed E-state index contributed by atoms with van der Waals surface area (Å²) >= 11 is 0. The average Bonchev–Trinajstić information content (AvgIpc) is 2.59. The van der Waals surface area contributed by atoms with Gasteiger partial charge in [0.15, 0.2) is 12.1 Å². The number of hydrogen-bond acceptors (Lipinski definition) is 3. The molecule has 2 rings (SSSR count). The molecule has 1 amide bonds. The van der Waals surface area contributed by atoms with Crippen LogP contribution in [0, 0.1) is 0 Å². The minimum Gasteiger partial charge on any atom is -0.497 e. The normalized spacial score (nSPS) is 13.6. The van der Waals surface area contributed by atoms with E-state index in [0.717, 1.165) is 0 Å². The summed E-state index contributed by atoms with van der Waals surface area (Å²) in [4.78, 5) is 12.1. The molecule has 4 nitrogen and oxygen atoms in total. The fourth-order valence-electron chi connectivity index (χ4n) is 2.17. The third-order valence-electron chi connectivity index (χ3n) is 3.49. The van der Waals surface area contributed by atoms with Crippen LogP contribution in [0.25, 0.3) is 0 Å². The molecule has 134 valence electrons. The van der Waals surface area contributed by atoms with Gasteiger partial charge >= 0.3 is 6.18 Å². The predicted molar refractivity (Wildman–Crippen MR) is 86.5 cm³/mol. The highest BCUT2D eigenvalue weighted by molar-refractivity contribution is 5.81. The molecule has 0 aliphatic heterocycles. The largest absolute Gasteiger partial charge is 0.497 e. The third-order valence-corrected chi connectivity index (χ3v) is 3.49. The van der Waals surface area contributed by atoms with Crippen molar-refractivity contribution in [2.75, 3.05) is 7.11 Å². The molecule has 0 unspecified atom stereocenters. The molecule has 0 saturated carbocycles. The van der Waals surface area contributed by atoms with E-state index in [1.807, 2.05) is 5.32 Å². The van der Waals surface area contributed by atoms with Crippen molar-refractivity contribution in [1.82, 2.24) is 5.32 Å². The van der Waals surface area contributed by atoms with E-state index in [9.17, 15) is 18.0 Å². The summed E-state index contributed by atoms with van der Waals surface area (Å²) in [6.07, 6.45) is -5.71. The Labute approximate surface area is 143 Å². The maximum Gasteiger partial charge on any atom is 0.412 e. The third kappa shape index (κ3) is 5.14. The lowest BCUT2D eigenvalue weighted by Crippen LogP contribution is -2.43. The van der Waals surface area contributed by atoms with Crippen molar-refractivity contribution in [2.45, 2.75) is 25.2 Å². The molecule has 0 radical (unpaired) electrons. The topological polar surface area (TPSA) is 47.6 Å². The van der Waals surface area contributed by atoms with Gasteiger partial charge in [0.05, 0.1) is 7.11 Å². The molecule has 2 aromatic rings. The lowest BCUT2D eigenvalue weighted by atomic mass is 10.1. The predicted octanol–water partition coefficient (Wildman–Crippen LogP) is 3.88. The molecule has 0 aliphatic rings. The van der Waals surface area contributed by atoms with Gasteiger partial charge in [0.2, 0.25) is 0 Å². The van der Waals surface area contributed by atoms with Gasteiger partial charge in [-0.1, -0.05) is 30.3 Å². The lowest BCUT2D eigenvalue weighted by Gasteiger charge is -2.24. The molecule has 0 bridgehead atoms. The Bertz CT molecular complexity index is 687. The van der Waals surface area contributed by atoms with E-state index in [-0.39, 0.29) is 5.56 Å². The number of amides is 1. The average molecular weight is 353 g/mol. The quantitative estimate of drug-likeness (QED) is 0.857. The fraction of sp³-hybridized carbons (Fsp3) is 0.278. The van der Waals surface area contributed by atoms with E-state index in [1.54, 1.807) is 30.3 Å². The summed E-state index contributed by atoms with van der Waals surface area (Å²) in [7, 11) is 1.51. The van der Waals surface area contributed by atoms with Crippen LogP contribution in [-0.2, 0) is 4.79 Å². The molecule has 0 fully saturated rings. The lowest BCUT2D eigenvalue weighted by molar-refractivity contribution is -0.165. The van der Waals surface area contributed by atoms with E-state index < -0.39 is 24.2 Å². The van der Waals surface area contributed by atoms with Crippen LogP contribution in [0.15, 0.2) is 54.6 Å². The smallest absolute Gasteiger partial charge is 0.412 e. The second-order valence-electron chi connectivity index (χ2n) is 5.33. The van der Waals surface area contributed by atoms with Crippen molar-refractivity contribution in [2.24, 2.45) is 0 Å². The van der Waals surface area contributed by atoms with E-state index in [0.29, 0.717) is 11.5 Å². The molecule has 0 aromatic heterocycles. The van der Waals surface area contributed by atoms with Crippen LogP contribution in [0.2, 0.25) is 0 Å². The van der Waals surface area contributed by atoms with Gasteiger partial charge in [-0.2, -0.15) is 13.2 Å². The van der Waals surface area contributed by atoms with E-state index in [2.05, 4.69) is 0 Å². The highest BCUT2D eigenvalue weighted by Crippen LogP contribution is 2.32. The van der Waals surface area contributed by atoms with E-state index >= 15 is 0 Å². The highest BCUT2D eigenvalue weighted by atomic mass is 19.4. The molecule has 0 spiro atoms. The standard InChI is InChI=1S/C18H18F3NO3/c1-12(25-15-10-8-14(24-2)9-11-15)17(23)22-16(18(19,20)21)13-6-4-3-5-7-13/h3-12,16H,1-2H3,(H,22,23)/t12-,16-/m1/s1. The Balaban J connectivity index is 2.06. The Morgan fingerprint density at radius 1 is 1.00 bits per heavy atom. The van der Waals surface area contributed by atoms with Crippen LogP contribution in [0.5, 0.6) is 11.5 Å². The monoisotopic (exact) mass is 353 g/mol. The molecule has 1 N–H and O–H groups in total. The Hall–Kier alpha value is -2.70. The number of carbonyl (C=O) groups excluding carboxylic acids is 1. The zero-order valence-electron chi connectivity index (χ0n) is 13.7. The SMILES string of the molecule is COc1ccc(O[C@H](C)C(=O)N[C@H](c2ccccc2)C(F)(F)F)cc1. The van der Waals surface area contributed by atoms with Crippen LogP contribution in [0.4, 0.5) is 13.2 Å². The van der Waals surface area contributed by atoms with Crippen molar-refractivity contribution in [3.8, 4) is 11.5 Å². The molecule has 2 atom stereocenters. The first-order valence-corrected chi connectivity index (χ1v) is 7.54. The summed E-state index contributed by atoms with van der Waals surface area (Å²) in [6, 6.07) is 11.5. The van der Waals surface area contributed by atoms with Crippen LogP contribution >= 0.6 is 0 Å². The van der Waals surface area contributed by atoms with Gasteiger partial charge in [-0.15, -0.1) is 0 Å². The Kier molecular flexibility index (Phi) is 5.90. The summed E-state index contributed by atoms with van der Waals surface area (Å²) in [5, 5.41) is 2.00. The first-order valence-electron chi connectivity index (χ1n) is 7.54. The van der Waals surface area contributed by atoms with Crippen LogP contribution in [0.1, 0.15) is 18.5 Å². The molecule has 0 aliphatic carbocycles. The molecule has 0 heterocycles. The van der Waals surface area contributed by atoms with Crippen molar-refractivity contribution in [3.05, 3.63) is 60.2 Å². The van der Waals surface area contributed by atoms with Crippen molar-refractivity contribution < 1.29 is 27.4 Å². The maximum atomic E-state index is 13.3. The summed E-state index contributed by atoms with van der Waals surface area (Å²) in [5.41, 5.74) is -0.0417. The first kappa shape index (κ1) is 18.6. The zero-order chi connectivity index (χ0) is 18.4. The van der Waals surface area contributed by atoms with Gasteiger partial charge in [-0.3, -0.25) is 4.79 Å². The van der Waals surface area contributed by atoms with Crippen molar-refractivity contribution in [3.63, 3.8) is 0 Å². The van der Waals surface area contributed by atoms with E-state index in [1.165, 1.54) is 38.3 Å². The minimum absolute atomic E-state index is 0.0417. The molecular weight excluding hydrogens is 335 g/mol. The van der Waals surface area contributed by atoms with Crippen molar-refractivity contribution in [1.29, 1.82) is 0 Å². The summed E-state index contributed by atoms with van der Waals surface area (Å²) in [6.45, 7) is 1.39. The Morgan fingerprint density at radius 3 is 2.08 bits per heavy atom. The molecule has 7 heteroatoms. The van der Waals surface area contributed by atoms with Crippen LogP contribution in [0.3, 0.4) is 0 Å². The van der Waals surface area contributed by atoms with Crippen LogP contribution < -0.4 is 14.8 Å². The number of rotatable bonds is 6. The number of halogens is 3. The maximum absolute atomic E-state index is 13.3. The van der Waals surface area contributed by atoms with Gasteiger partial charge in [0.1, 0.15) is 11.5 Å². The summed E-state index contributed by atoms with van der Waals surface area (Å²) < 4.78 is 50.2. The number of carbonyl (C=O) groups is 1. The second kappa shape index (κ2) is 7.92. The minimum atomic E-state index is -4.61. The number of nitrogens with one attached hydrogen (secondary N) is 1. The molecule has 2 aromatic carbocycles. The number of benzene rings is 2. The zero-order valence-corrected chi connectivity index (χ0v) is 13.7. The number of hydrogen-bond donors (Lipinski definition) is 1.